The van der Waals surface area contributed by atoms with Crippen LogP contribution in [0.5, 0.6) is 0 Å². The molecular formula is C20H23ClN4O3S. The molecule has 7 nitrogen and oxygen atoms in total. The first-order valence-electron chi connectivity index (χ1n) is 9.37. The van der Waals surface area contributed by atoms with Crippen LogP contribution >= 0.6 is 23.4 Å². The number of primary amides is 1. The fourth-order valence-corrected chi connectivity index (χ4v) is 4.38. The van der Waals surface area contributed by atoms with Crippen LogP contribution < -0.4 is 11.3 Å². The number of thioether (sulfide) groups is 1. The van der Waals surface area contributed by atoms with Crippen molar-refractivity contribution in [2.75, 3.05) is 13.1 Å². The van der Waals surface area contributed by atoms with E-state index in [1.165, 1.54) is 11.8 Å². The van der Waals surface area contributed by atoms with E-state index in [1.54, 1.807) is 11.8 Å². The lowest BCUT2D eigenvalue weighted by Crippen LogP contribution is -2.43. The van der Waals surface area contributed by atoms with Crippen LogP contribution in [0, 0.1) is 12.8 Å². The average Bonchev–Trinajstić information content (AvgIpc) is 2.69. The van der Waals surface area contributed by atoms with Gasteiger partial charge in [0.05, 0.1) is 6.42 Å². The fourth-order valence-electron chi connectivity index (χ4n) is 3.32. The smallest absolute Gasteiger partial charge is 0.255 e. The van der Waals surface area contributed by atoms with E-state index in [0.717, 1.165) is 5.56 Å². The molecule has 3 N–H and O–H groups in total. The van der Waals surface area contributed by atoms with Gasteiger partial charge in [0.15, 0.2) is 5.16 Å². The van der Waals surface area contributed by atoms with Crippen molar-refractivity contribution in [2.24, 2.45) is 11.7 Å². The van der Waals surface area contributed by atoms with E-state index < -0.39 is 0 Å². The maximum atomic E-state index is 12.6. The molecule has 154 valence electrons. The number of piperidine rings is 1. The Kier molecular flexibility index (Phi) is 6.97. The van der Waals surface area contributed by atoms with Gasteiger partial charge in [-0.2, -0.15) is 0 Å². The SMILES string of the molecule is Cc1nc(SCc2cccc(Cl)c2)[nH]c(=O)c1CC(=O)N1CCC(C(N)=O)CC1. The zero-order valence-corrected chi connectivity index (χ0v) is 17.7. The fraction of sp³-hybridized carbons (Fsp3) is 0.400. The molecule has 2 heterocycles. The minimum atomic E-state index is -0.320. The van der Waals surface area contributed by atoms with Crippen molar-refractivity contribution >= 4 is 35.2 Å². The molecule has 0 unspecified atom stereocenters. The lowest BCUT2D eigenvalue weighted by atomic mass is 9.96. The molecule has 9 heteroatoms. The molecule has 0 spiro atoms. The summed E-state index contributed by atoms with van der Waals surface area (Å²) in [5.74, 6) is -0.0143. The standard InChI is InChI=1S/C20H23ClN4O3S/c1-12-16(10-17(26)25-7-5-14(6-8-25)18(22)27)19(28)24-20(23-12)29-11-13-3-2-4-15(21)9-13/h2-4,9,14H,5-8,10-11H2,1H3,(H2,22,27)(H,23,24,28). The van der Waals surface area contributed by atoms with Gasteiger partial charge >= 0.3 is 0 Å². The Morgan fingerprint density at radius 3 is 2.69 bits per heavy atom. The molecule has 1 saturated heterocycles. The number of hydrogen-bond acceptors (Lipinski definition) is 5. The lowest BCUT2D eigenvalue weighted by molar-refractivity contribution is -0.134. The van der Waals surface area contributed by atoms with Crippen molar-refractivity contribution in [2.45, 2.75) is 37.1 Å². The van der Waals surface area contributed by atoms with Crippen LogP contribution in [0.1, 0.15) is 29.7 Å². The number of aromatic nitrogens is 2. The number of carbonyl (C=O) groups is 2. The Labute approximate surface area is 178 Å². The van der Waals surface area contributed by atoms with Crippen LogP contribution in [0.3, 0.4) is 0 Å². The Bertz CT molecular complexity index is 970. The van der Waals surface area contributed by atoms with Crippen LogP contribution in [0.2, 0.25) is 5.02 Å². The number of carbonyl (C=O) groups excluding carboxylic acids is 2. The van der Waals surface area contributed by atoms with E-state index >= 15 is 0 Å². The van der Waals surface area contributed by atoms with Crippen molar-refractivity contribution in [1.82, 2.24) is 14.9 Å². The number of nitrogens with zero attached hydrogens (tertiary/aromatic N) is 2. The highest BCUT2D eigenvalue weighted by Gasteiger charge is 2.26. The third-order valence-electron chi connectivity index (χ3n) is 5.04. The molecule has 0 radical (unpaired) electrons. The molecule has 2 amide bonds. The molecule has 3 rings (SSSR count). The summed E-state index contributed by atoms with van der Waals surface area (Å²) in [6.07, 6.45) is 1.12. The molecule has 0 aliphatic carbocycles. The maximum absolute atomic E-state index is 12.6. The number of hydrogen-bond donors (Lipinski definition) is 2. The summed E-state index contributed by atoms with van der Waals surface area (Å²) in [5, 5.41) is 1.17. The molecule has 1 aromatic carbocycles. The molecule has 1 fully saturated rings. The minimum Gasteiger partial charge on any atom is -0.369 e. The van der Waals surface area contributed by atoms with E-state index in [0.29, 0.717) is 53.1 Å². The van der Waals surface area contributed by atoms with Crippen LogP contribution in [-0.4, -0.2) is 39.8 Å². The summed E-state index contributed by atoms with van der Waals surface area (Å²) in [6.45, 7) is 2.69. The molecule has 0 atom stereocenters. The monoisotopic (exact) mass is 434 g/mol. The van der Waals surface area contributed by atoms with E-state index in [1.807, 2.05) is 24.3 Å². The zero-order valence-electron chi connectivity index (χ0n) is 16.1. The molecule has 1 aromatic heterocycles. The van der Waals surface area contributed by atoms with Crippen molar-refractivity contribution in [1.29, 1.82) is 0 Å². The lowest BCUT2D eigenvalue weighted by Gasteiger charge is -2.30. The van der Waals surface area contributed by atoms with Gasteiger partial charge in [0, 0.05) is 41.0 Å². The number of likely N-dealkylation sites (tertiary alicyclic amines) is 1. The number of aryl methyl sites for hydroxylation is 1. The van der Waals surface area contributed by atoms with Gasteiger partial charge < -0.3 is 15.6 Å². The minimum absolute atomic E-state index is 0.00531. The maximum Gasteiger partial charge on any atom is 0.255 e. The van der Waals surface area contributed by atoms with E-state index in [9.17, 15) is 14.4 Å². The number of halogens is 1. The van der Waals surface area contributed by atoms with Crippen LogP contribution in [0.25, 0.3) is 0 Å². The van der Waals surface area contributed by atoms with Gasteiger partial charge in [-0.15, -0.1) is 0 Å². The summed E-state index contributed by atoms with van der Waals surface area (Å²) in [6, 6.07) is 7.51. The summed E-state index contributed by atoms with van der Waals surface area (Å²) < 4.78 is 0. The van der Waals surface area contributed by atoms with Gasteiger partial charge in [-0.25, -0.2) is 4.98 Å². The van der Waals surface area contributed by atoms with Gasteiger partial charge in [-0.05, 0) is 37.5 Å². The second-order valence-electron chi connectivity index (χ2n) is 7.09. The number of amides is 2. The number of aromatic amines is 1. The Morgan fingerprint density at radius 2 is 2.07 bits per heavy atom. The van der Waals surface area contributed by atoms with Crippen molar-refractivity contribution < 1.29 is 9.59 Å². The first-order valence-corrected chi connectivity index (χ1v) is 10.7. The van der Waals surface area contributed by atoms with E-state index in [4.69, 9.17) is 17.3 Å². The Balaban J connectivity index is 1.62. The second-order valence-corrected chi connectivity index (χ2v) is 8.49. The number of nitrogens with one attached hydrogen (secondary N) is 1. The molecule has 0 saturated carbocycles. The molecule has 0 bridgehead atoms. The van der Waals surface area contributed by atoms with Crippen molar-refractivity contribution in [3.05, 3.63) is 56.5 Å². The number of benzene rings is 1. The molecule has 1 aliphatic rings. The number of H-pyrrole nitrogens is 1. The molecule has 29 heavy (non-hydrogen) atoms. The predicted molar refractivity (Wildman–Crippen MR) is 113 cm³/mol. The third-order valence-corrected chi connectivity index (χ3v) is 6.22. The molecule has 1 aliphatic heterocycles. The first kappa shape index (κ1) is 21.4. The van der Waals surface area contributed by atoms with Gasteiger partial charge in [-0.1, -0.05) is 35.5 Å². The summed E-state index contributed by atoms with van der Waals surface area (Å²) in [4.78, 5) is 45.3. The zero-order chi connectivity index (χ0) is 21.0. The van der Waals surface area contributed by atoms with E-state index in [-0.39, 0.29) is 29.7 Å². The number of rotatable bonds is 6. The predicted octanol–water partition coefficient (Wildman–Crippen LogP) is 2.29. The van der Waals surface area contributed by atoms with Gasteiger partial charge in [0.25, 0.3) is 5.56 Å². The second kappa shape index (κ2) is 9.45. The number of nitrogens with two attached hydrogens (primary N) is 1. The average molecular weight is 435 g/mol. The quantitative estimate of drug-likeness (QED) is 0.535. The summed E-state index contributed by atoms with van der Waals surface area (Å²) in [5.41, 5.74) is 6.98. The highest BCUT2D eigenvalue weighted by molar-refractivity contribution is 7.98. The summed E-state index contributed by atoms with van der Waals surface area (Å²) in [7, 11) is 0. The normalized spacial score (nSPS) is 14.8. The van der Waals surface area contributed by atoms with Gasteiger partial charge in [0.1, 0.15) is 0 Å². The first-order chi connectivity index (χ1) is 13.8. The largest absolute Gasteiger partial charge is 0.369 e. The molecular weight excluding hydrogens is 412 g/mol. The van der Waals surface area contributed by atoms with Gasteiger partial charge in [-0.3, -0.25) is 14.4 Å². The van der Waals surface area contributed by atoms with Gasteiger partial charge in [0.2, 0.25) is 11.8 Å². The Morgan fingerprint density at radius 1 is 1.34 bits per heavy atom. The van der Waals surface area contributed by atoms with E-state index in [2.05, 4.69) is 9.97 Å². The van der Waals surface area contributed by atoms with Crippen LogP contribution in [-0.2, 0) is 21.8 Å². The van der Waals surface area contributed by atoms with Crippen LogP contribution in [0.15, 0.2) is 34.2 Å². The summed E-state index contributed by atoms with van der Waals surface area (Å²) >= 11 is 7.40. The highest BCUT2D eigenvalue weighted by Crippen LogP contribution is 2.22. The third kappa shape index (κ3) is 5.61. The molecule has 2 aromatic rings. The highest BCUT2D eigenvalue weighted by atomic mass is 35.5. The van der Waals surface area contributed by atoms with Crippen molar-refractivity contribution in [3.8, 4) is 0 Å². The van der Waals surface area contributed by atoms with Crippen LogP contribution in [0.4, 0.5) is 0 Å². The Hall–Kier alpha value is -2.32. The topological polar surface area (TPSA) is 109 Å². The van der Waals surface area contributed by atoms with Crippen molar-refractivity contribution in [3.63, 3.8) is 0 Å².